The van der Waals surface area contributed by atoms with Crippen LogP contribution in [-0.4, -0.2) is 58.8 Å². The Kier molecular flexibility index (Phi) is 7.04. The van der Waals surface area contributed by atoms with Crippen molar-refractivity contribution in [2.24, 2.45) is 0 Å². The molecule has 0 unspecified atom stereocenters. The maximum absolute atomic E-state index is 13.9. The van der Waals surface area contributed by atoms with Crippen LogP contribution in [0.2, 0.25) is 0 Å². The van der Waals surface area contributed by atoms with Gasteiger partial charge in [-0.15, -0.1) is 0 Å². The third-order valence-electron chi connectivity index (χ3n) is 6.88. The molecule has 2 aromatic carbocycles. The topological polar surface area (TPSA) is 65.5 Å². The van der Waals surface area contributed by atoms with Crippen molar-refractivity contribution in [1.82, 2.24) is 20.1 Å². The quantitative estimate of drug-likeness (QED) is 0.548. The first-order valence-electron chi connectivity index (χ1n) is 12.2. The van der Waals surface area contributed by atoms with Crippen LogP contribution in [0.5, 0.6) is 0 Å². The highest BCUT2D eigenvalue weighted by Gasteiger charge is 2.26. The van der Waals surface area contributed by atoms with E-state index >= 15 is 0 Å². The fraction of sp³-hybridized carbons (Fsp3) is 0.321. The lowest BCUT2D eigenvalue weighted by atomic mass is 10.0. The number of benzene rings is 2. The van der Waals surface area contributed by atoms with Gasteiger partial charge in [0.15, 0.2) is 11.5 Å². The molecular weight excluding hydrogens is 462 g/mol. The minimum atomic E-state index is -0.621. The average Bonchev–Trinajstić information content (AvgIpc) is 3.30. The van der Waals surface area contributed by atoms with Crippen molar-refractivity contribution in [3.8, 4) is 0 Å². The first-order valence-corrected chi connectivity index (χ1v) is 12.2. The lowest BCUT2D eigenvalue weighted by molar-refractivity contribution is -0.117. The highest BCUT2D eigenvalue weighted by Crippen LogP contribution is 2.21. The van der Waals surface area contributed by atoms with Gasteiger partial charge in [0.25, 0.3) is 5.91 Å². The summed E-state index contributed by atoms with van der Waals surface area (Å²) in [5.74, 6) is -1.38. The molecule has 3 aromatic rings. The van der Waals surface area contributed by atoms with Crippen LogP contribution in [0.15, 0.2) is 66.4 Å². The number of nitrogens with one attached hydrogen (secondary N) is 1. The van der Waals surface area contributed by atoms with Gasteiger partial charge in [-0.1, -0.05) is 23.8 Å². The van der Waals surface area contributed by atoms with Gasteiger partial charge >= 0.3 is 0 Å². The number of carbonyl (C=O) groups excluding carboxylic acids is 2. The van der Waals surface area contributed by atoms with E-state index in [0.717, 1.165) is 48.0 Å². The van der Waals surface area contributed by atoms with Gasteiger partial charge in [0.1, 0.15) is 5.82 Å². The number of pyridine rings is 1. The molecule has 0 aliphatic carbocycles. The van der Waals surface area contributed by atoms with E-state index < -0.39 is 11.7 Å². The lowest BCUT2D eigenvalue weighted by Gasteiger charge is -2.28. The van der Waals surface area contributed by atoms with Gasteiger partial charge in [0.05, 0.1) is 0 Å². The largest absolute Gasteiger partial charge is 0.348 e. The van der Waals surface area contributed by atoms with Gasteiger partial charge in [-0.05, 0) is 65.9 Å². The summed E-state index contributed by atoms with van der Waals surface area (Å²) in [5, 5.41) is 5.01. The normalized spacial score (nSPS) is 18.4. The number of carbonyl (C=O) groups is 2. The molecule has 2 aliphatic rings. The third-order valence-corrected chi connectivity index (χ3v) is 6.88. The number of halogens is 2. The summed E-state index contributed by atoms with van der Waals surface area (Å²) in [5.41, 5.74) is 1.99. The summed E-state index contributed by atoms with van der Waals surface area (Å²) in [7, 11) is 0. The zero-order chi connectivity index (χ0) is 25.1. The molecule has 0 saturated carbocycles. The highest BCUT2D eigenvalue weighted by molar-refractivity contribution is 5.93. The van der Waals surface area contributed by atoms with Gasteiger partial charge < -0.3 is 10.2 Å². The van der Waals surface area contributed by atoms with Crippen molar-refractivity contribution in [2.75, 3.05) is 26.2 Å². The summed E-state index contributed by atoms with van der Waals surface area (Å²) in [6, 6.07) is 13.6. The van der Waals surface area contributed by atoms with E-state index in [-0.39, 0.29) is 23.5 Å². The summed E-state index contributed by atoms with van der Waals surface area (Å²) in [6.45, 7) is 3.31. The van der Waals surface area contributed by atoms with E-state index in [9.17, 15) is 18.4 Å². The van der Waals surface area contributed by atoms with Crippen molar-refractivity contribution in [1.29, 1.82) is 0 Å². The molecule has 1 atom stereocenters. The second kappa shape index (κ2) is 10.5. The SMILES string of the molecule is O=C(C=C1CCN(C(=O)c2ncccc2F)CC1)N[C@@H]1CCN(Cc2ccc3cc(F)ccc3c2)C1. The van der Waals surface area contributed by atoms with Crippen molar-refractivity contribution < 1.29 is 18.4 Å². The van der Waals surface area contributed by atoms with E-state index in [2.05, 4.69) is 21.3 Å². The van der Waals surface area contributed by atoms with Crippen molar-refractivity contribution >= 4 is 22.6 Å². The van der Waals surface area contributed by atoms with Crippen molar-refractivity contribution in [3.05, 3.63) is 89.3 Å². The molecule has 2 amide bonds. The first-order chi connectivity index (χ1) is 17.4. The smallest absolute Gasteiger partial charge is 0.275 e. The van der Waals surface area contributed by atoms with Crippen LogP contribution in [0.1, 0.15) is 35.3 Å². The Labute approximate surface area is 208 Å². The Morgan fingerprint density at radius 2 is 1.81 bits per heavy atom. The van der Waals surface area contributed by atoms with Gasteiger partial charge in [0, 0.05) is 51.0 Å². The summed E-state index contributed by atoms with van der Waals surface area (Å²) in [4.78, 5) is 32.9. The molecule has 36 heavy (non-hydrogen) atoms. The number of fused-ring (bicyclic) bond motifs is 1. The van der Waals surface area contributed by atoms with Crippen LogP contribution in [0.4, 0.5) is 8.78 Å². The number of aromatic nitrogens is 1. The Bertz CT molecular complexity index is 1320. The van der Waals surface area contributed by atoms with Crippen LogP contribution in [0.25, 0.3) is 10.8 Å². The molecule has 0 radical (unpaired) electrons. The number of piperidine rings is 1. The van der Waals surface area contributed by atoms with Crippen LogP contribution < -0.4 is 5.32 Å². The van der Waals surface area contributed by atoms with Crippen LogP contribution >= 0.6 is 0 Å². The van der Waals surface area contributed by atoms with E-state index in [1.807, 2.05) is 12.1 Å². The Morgan fingerprint density at radius 3 is 2.61 bits per heavy atom. The Hall–Kier alpha value is -3.65. The van der Waals surface area contributed by atoms with E-state index in [4.69, 9.17) is 0 Å². The first kappa shape index (κ1) is 24.1. The highest BCUT2D eigenvalue weighted by atomic mass is 19.1. The fourth-order valence-corrected chi connectivity index (χ4v) is 4.98. The number of nitrogens with zero attached hydrogens (tertiary/aromatic N) is 3. The molecule has 8 heteroatoms. The Morgan fingerprint density at radius 1 is 1.03 bits per heavy atom. The van der Waals surface area contributed by atoms with Crippen molar-refractivity contribution in [3.63, 3.8) is 0 Å². The molecule has 0 bridgehead atoms. The minimum absolute atomic E-state index is 0.0812. The lowest BCUT2D eigenvalue weighted by Crippen LogP contribution is -2.38. The maximum atomic E-state index is 13.9. The number of likely N-dealkylation sites (tertiary alicyclic amines) is 2. The van der Waals surface area contributed by atoms with Gasteiger partial charge in [-0.2, -0.15) is 0 Å². The molecule has 0 spiro atoms. The molecule has 1 aromatic heterocycles. The predicted octanol–water partition coefficient (Wildman–Crippen LogP) is 4.07. The third kappa shape index (κ3) is 5.60. The van der Waals surface area contributed by atoms with Gasteiger partial charge in [-0.25, -0.2) is 13.8 Å². The Balaban J connectivity index is 1.10. The standard InChI is InChI=1S/C28H28F2N4O2/c29-23-6-5-21-14-20(3-4-22(21)16-23)17-33-11-9-24(18-33)32-26(35)15-19-7-12-34(13-8-19)28(36)27-25(30)2-1-10-31-27/h1-6,10,14-16,24H,7-9,11-13,17-18H2,(H,32,35)/t24-/m1/s1. The predicted molar refractivity (Wildman–Crippen MR) is 133 cm³/mol. The number of rotatable bonds is 5. The van der Waals surface area contributed by atoms with Gasteiger partial charge in [-0.3, -0.25) is 14.5 Å². The molecule has 5 rings (SSSR count). The van der Waals surface area contributed by atoms with Crippen LogP contribution in [-0.2, 0) is 11.3 Å². The van der Waals surface area contributed by atoms with Crippen LogP contribution in [0, 0.1) is 11.6 Å². The molecule has 6 nitrogen and oxygen atoms in total. The summed E-state index contributed by atoms with van der Waals surface area (Å²) < 4.78 is 27.3. The second-order valence-corrected chi connectivity index (χ2v) is 9.48. The molecule has 2 aliphatic heterocycles. The number of hydrogen-bond acceptors (Lipinski definition) is 4. The second-order valence-electron chi connectivity index (χ2n) is 9.48. The monoisotopic (exact) mass is 490 g/mol. The number of amides is 2. The molecule has 2 fully saturated rings. The molecule has 1 N–H and O–H groups in total. The zero-order valence-corrected chi connectivity index (χ0v) is 19.9. The minimum Gasteiger partial charge on any atom is -0.348 e. The maximum Gasteiger partial charge on any atom is 0.275 e. The molecule has 3 heterocycles. The fourth-order valence-electron chi connectivity index (χ4n) is 4.98. The summed E-state index contributed by atoms with van der Waals surface area (Å²) in [6.07, 6.45) is 5.09. The molecule has 2 saturated heterocycles. The van der Waals surface area contributed by atoms with E-state index in [1.54, 1.807) is 17.0 Å². The van der Waals surface area contributed by atoms with Crippen LogP contribution in [0.3, 0.4) is 0 Å². The van der Waals surface area contributed by atoms with E-state index in [0.29, 0.717) is 25.9 Å². The van der Waals surface area contributed by atoms with Crippen molar-refractivity contribution in [2.45, 2.75) is 31.8 Å². The summed E-state index contributed by atoms with van der Waals surface area (Å²) >= 11 is 0. The number of hydrogen-bond donors (Lipinski definition) is 1. The van der Waals surface area contributed by atoms with E-state index in [1.165, 1.54) is 30.5 Å². The molecule has 186 valence electrons. The molecular formula is C28H28F2N4O2. The average molecular weight is 491 g/mol. The van der Waals surface area contributed by atoms with Gasteiger partial charge in [0.2, 0.25) is 5.91 Å². The zero-order valence-electron chi connectivity index (χ0n) is 19.9.